The number of amides is 1. The topological polar surface area (TPSA) is 68.3 Å². The van der Waals surface area contributed by atoms with Gasteiger partial charge in [0.15, 0.2) is 0 Å². The van der Waals surface area contributed by atoms with Gasteiger partial charge in [-0.25, -0.2) is 4.79 Å². The predicted octanol–water partition coefficient (Wildman–Crippen LogP) is 1.70. The summed E-state index contributed by atoms with van der Waals surface area (Å²) in [5, 5.41) is 2.69. The van der Waals surface area contributed by atoms with Crippen molar-refractivity contribution in [3.05, 3.63) is 29.6 Å². The highest BCUT2D eigenvalue weighted by molar-refractivity contribution is 5.90. The summed E-state index contributed by atoms with van der Waals surface area (Å²) in [5.41, 5.74) is 1.04. The number of aromatic nitrogens is 1. The fourth-order valence-electron chi connectivity index (χ4n) is 2.28. The second-order valence-corrected chi connectivity index (χ2v) is 6.09. The molecular weight excluding hydrogens is 256 g/mol. The molecule has 2 heterocycles. The Labute approximate surface area is 118 Å². The Kier molecular flexibility index (Phi) is 3.79. The van der Waals surface area contributed by atoms with E-state index < -0.39 is 17.6 Å². The molecule has 0 saturated carbocycles. The first-order chi connectivity index (χ1) is 9.26. The van der Waals surface area contributed by atoms with Crippen molar-refractivity contribution in [3.63, 3.8) is 0 Å². The first-order valence-electron chi connectivity index (χ1n) is 6.72. The lowest BCUT2D eigenvalue weighted by Gasteiger charge is -2.24. The molecule has 0 bridgehead atoms. The lowest BCUT2D eigenvalue weighted by Crippen LogP contribution is -2.41. The lowest BCUT2D eigenvalue weighted by molar-refractivity contribution is -0.157. The number of carbonyl (C=O) groups excluding carboxylic acids is 2. The van der Waals surface area contributed by atoms with Gasteiger partial charge in [0.25, 0.3) is 0 Å². The smallest absolute Gasteiger partial charge is 0.329 e. The van der Waals surface area contributed by atoms with E-state index in [1.807, 2.05) is 45.9 Å². The summed E-state index contributed by atoms with van der Waals surface area (Å²) in [6.45, 7) is 7.31. The molecule has 0 spiro atoms. The molecule has 2 atom stereocenters. The van der Waals surface area contributed by atoms with E-state index in [9.17, 15) is 9.59 Å². The van der Waals surface area contributed by atoms with Crippen molar-refractivity contribution in [2.75, 3.05) is 0 Å². The molecule has 1 aromatic heterocycles. The van der Waals surface area contributed by atoms with Crippen molar-refractivity contribution in [2.24, 2.45) is 0 Å². The molecular formula is C15H20N2O3. The Morgan fingerprint density at radius 1 is 1.40 bits per heavy atom. The van der Waals surface area contributed by atoms with Gasteiger partial charge >= 0.3 is 5.97 Å². The zero-order chi connectivity index (χ0) is 14.9. The van der Waals surface area contributed by atoms with Crippen molar-refractivity contribution >= 4 is 11.9 Å². The molecule has 1 N–H and O–H groups in total. The van der Waals surface area contributed by atoms with Crippen LogP contribution in [0.4, 0.5) is 0 Å². The van der Waals surface area contributed by atoms with Crippen LogP contribution in [0, 0.1) is 6.92 Å². The number of nitrogens with zero attached hydrogens (tertiary/aromatic N) is 1. The molecule has 1 aliphatic heterocycles. The Morgan fingerprint density at radius 3 is 2.70 bits per heavy atom. The SMILES string of the molecule is Cc1cccc([C@@H]2CC(=O)NC2C(=O)OC(C)(C)C)n1. The summed E-state index contributed by atoms with van der Waals surface area (Å²) < 4.78 is 5.37. The normalized spacial score (nSPS) is 22.5. The van der Waals surface area contributed by atoms with Crippen LogP contribution in [0.15, 0.2) is 18.2 Å². The largest absolute Gasteiger partial charge is 0.458 e. The Balaban J connectivity index is 2.23. The van der Waals surface area contributed by atoms with Gasteiger partial charge in [-0.2, -0.15) is 0 Å². The molecule has 0 aromatic carbocycles. The van der Waals surface area contributed by atoms with Gasteiger partial charge in [-0.15, -0.1) is 0 Å². The molecule has 1 amide bonds. The summed E-state index contributed by atoms with van der Waals surface area (Å²) in [6, 6.07) is 4.95. The maximum atomic E-state index is 12.2. The summed E-state index contributed by atoms with van der Waals surface area (Å²) in [7, 11) is 0. The molecule has 20 heavy (non-hydrogen) atoms. The maximum Gasteiger partial charge on any atom is 0.329 e. The first kappa shape index (κ1) is 14.5. The average molecular weight is 276 g/mol. The minimum Gasteiger partial charge on any atom is -0.458 e. The molecule has 5 nitrogen and oxygen atoms in total. The van der Waals surface area contributed by atoms with E-state index in [-0.39, 0.29) is 18.2 Å². The van der Waals surface area contributed by atoms with Crippen molar-refractivity contribution < 1.29 is 14.3 Å². The van der Waals surface area contributed by atoms with Gasteiger partial charge in [-0.1, -0.05) is 6.07 Å². The third-order valence-electron chi connectivity index (χ3n) is 3.07. The maximum absolute atomic E-state index is 12.2. The van der Waals surface area contributed by atoms with E-state index >= 15 is 0 Å². The highest BCUT2D eigenvalue weighted by atomic mass is 16.6. The summed E-state index contributed by atoms with van der Waals surface area (Å²) >= 11 is 0. The number of ether oxygens (including phenoxy) is 1. The standard InChI is InChI=1S/C15H20N2O3/c1-9-6-5-7-11(16-9)10-8-12(18)17-13(10)14(19)20-15(2,3)4/h5-7,10,13H,8H2,1-4H3,(H,17,18)/t10-,13?/m0/s1. The van der Waals surface area contributed by atoms with E-state index in [0.29, 0.717) is 0 Å². The monoisotopic (exact) mass is 276 g/mol. The van der Waals surface area contributed by atoms with Crippen LogP contribution in [0.2, 0.25) is 0 Å². The van der Waals surface area contributed by atoms with Gasteiger partial charge in [-0.05, 0) is 39.8 Å². The van der Waals surface area contributed by atoms with Crippen LogP contribution >= 0.6 is 0 Å². The average Bonchev–Trinajstić information content (AvgIpc) is 2.69. The molecule has 0 aliphatic carbocycles. The molecule has 1 saturated heterocycles. The second-order valence-electron chi connectivity index (χ2n) is 6.09. The number of pyridine rings is 1. The molecule has 2 rings (SSSR count). The number of hydrogen-bond donors (Lipinski definition) is 1. The fourth-order valence-corrected chi connectivity index (χ4v) is 2.28. The zero-order valence-electron chi connectivity index (χ0n) is 12.3. The Hall–Kier alpha value is -1.91. The number of nitrogens with one attached hydrogen (secondary N) is 1. The first-order valence-corrected chi connectivity index (χ1v) is 6.72. The van der Waals surface area contributed by atoms with Crippen LogP contribution in [0.1, 0.15) is 44.5 Å². The van der Waals surface area contributed by atoms with Gasteiger partial charge in [0.05, 0.1) is 0 Å². The number of esters is 1. The van der Waals surface area contributed by atoms with Gasteiger partial charge in [-0.3, -0.25) is 9.78 Å². The number of aryl methyl sites for hydroxylation is 1. The van der Waals surface area contributed by atoms with Crippen LogP contribution in [0.3, 0.4) is 0 Å². The van der Waals surface area contributed by atoms with Gasteiger partial charge in [0.1, 0.15) is 11.6 Å². The highest BCUT2D eigenvalue weighted by Gasteiger charge is 2.41. The van der Waals surface area contributed by atoms with Crippen LogP contribution in [0.5, 0.6) is 0 Å². The Morgan fingerprint density at radius 2 is 2.10 bits per heavy atom. The molecule has 1 fully saturated rings. The van der Waals surface area contributed by atoms with Crippen molar-refractivity contribution in [3.8, 4) is 0 Å². The van der Waals surface area contributed by atoms with E-state index in [1.54, 1.807) is 0 Å². The van der Waals surface area contributed by atoms with Crippen LogP contribution < -0.4 is 5.32 Å². The highest BCUT2D eigenvalue weighted by Crippen LogP contribution is 2.29. The van der Waals surface area contributed by atoms with E-state index in [2.05, 4.69) is 10.3 Å². The Bertz CT molecular complexity index is 534. The van der Waals surface area contributed by atoms with E-state index in [4.69, 9.17) is 4.74 Å². The molecule has 0 radical (unpaired) electrons. The van der Waals surface area contributed by atoms with Gasteiger partial charge < -0.3 is 10.1 Å². The molecule has 5 heteroatoms. The fraction of sp³-hybridized carbons (Fsp3) is 0.533. The molecule has 108 valence electrons. The molecule has 1 aliphatic rings. The molecule has 1 unspecified atom stereocenters. The quantitative estimate of drug-likeness (QED) is 0.835. The van der Waals surface area contributed by atoms with Crippen LogP contribution in [-0.4, -0.2) is 28.5 Å². The van der Waals surface area contributed by atoms with Crippen LogP contribution in [-0.2, 0) is 14.3 Å². The zero-order valence-corrected chi connectivity index (χ0v) is 12.3. The molecule has 1 aromatic rings. The number of carbonyl (C=O) groups is 2. The minimum absolute atomic E-state index is 0.144. The summed E-state index contributed by atoms with van der Waals surface area (Å²) in [5.74, 6) is -0.817. The van der Waals surface area contributed by atoms with Crippen LogP contribution in [0.25, 0.3) is 0 Å². The van der Waals surface area contributed by atoms with E-state index in [1.165, 1.54) is 0 Å². The number of rotatable bonds is 2. The summed E-state index contributed by atoms with van der Waals surface area (Å²) in [6.07, 6.45) is 0.264. The minimum atomic E-state index is -0.656. The van der Waals surface area contributed by atoms with Gasteiger partial charge in [0, 0.05) is 23.7 Å². The van der Waals surface area contributed by atoms with Crippen molar-refractivity contribution in [1.82, 2.24) is 10.3 Å². The third kappa shape index (κ3) is 3.35. The third-order valence-corrected chi connectivity index (χ3v) is 3.07. The predicted molar refractivity (Wildman–Crippen MR) is 74.1 cm³/mol. The van der Waals surface area contributed by atoms with Gasteiger partial charge in [0.2, 0.25) is 5.91 Å². The number of hydrogen-bond acceptors (Lipinski definition) is 4. The van der Waals surface area contributed by atoms with E-state index in [0.717, 1.165) is 11.4 Å². The second kappa shape index (κ2) is 5.23. The van der Waals surface area contributed by atoms with Crippen molar-refractivity contribution in [1.29, 1.82) is 0 Å². The summed E-state index contributed by atoms with van der Waals surface area (Å²) in [4.78, 5) is 28.3. The van der Waals surface area contributed by atoms with Crippen molar-refractivity contribution in [2.45, 2.75) is 51.7 Å². The lowest BCUT2D eigenvalue weighted by atomic mass is 9.95.